The molecule has 33 heavy (non-hydrogen) atoms. The number of hydrogen-bond donors (Lipinski definition) is 0. The number of rotatable bonds is 5. The van der Waals surface area contributed by atoms with Crippen molar-refractivity contribution >= 4 is 20.5 Å². The van der Waals surface area contributed by atoms with E-state index in [9.17, 15) is 9.59 Å². The van der Waals surface area contributed by atoms with Gasteiger partial charge in [0, 0.05) is 19.6 Å². The van der Waals surface area contributed by atoms with E-state index in [-0.39, 0.29) is 36.0 Å². The molecule has 1 aromatic carbocycles. The van der Waals surface area contributed by atoms with Crippen molar-refractivity contribution < 1.29 is 23.5 Å². The Balaban J connectivity index is 2.16. The van der Waals surface area contributed by atoms with E-state index in [1.807, 2.05) is 58.0 Å². The Morgan fingerprint density at radius 2 is 1.64 bits per heavy atom. The number of carbonyl (C=O) groups excluding carboxylic acids is 2. The van der Waals surface area contributed by atoms with Crippen molar-refractivity contribution in [3.63, 3.8) is 0 Å². The van der Waals surface area contributed by atoms with Crippen LogP contribution in [0.2, 0.25) is 18.1 Å². The van der Waals surface area contributed by atoms with Crippen LogP contribution in [-0.4, -0.2) is 67.7 Å². The molecule has 0 unspecified atom stereocenters. The van der Waals surface area contributed by atoms with Crippen LogP contribution in [0.4, 0.5) is 9.59 Å². The van der Waals surface area contributed by atoms with Gasteiger partial charge in [-0.05, 0) is 51.4 Å². The van der Waals surface area contributed by atoms with Crippen molar-refractivity contribution in [1.29, 1.82) is 0 Å². The standard InChI is InChI=1S/C25H42N2O5Si/c1-19(32-33(8,9)25(5,6)7)21-17-26(15-16-27(21)23(29)31-24(2,3)4)22(28)30-18-20-13-11-10-12-14-20/h10-14,19,21H,15-18H2,1-9H3/t19-,21+/m0/s1. The fraction of sp³-hybridized carbons (Fsp3) is 0.680. The van der Waals surface area contributed by atoms with Gasteiger partial charge < -0.3 is 18.8 Å². The Labute approximate surface area is 200 Å². The number of hydrogen-bond acceptors (Lipinski definition) is 5. The number of carbonyl (C=O) groups is 2. The lowest BCUT2D eigenvalue weighted by Crippen LogP contribution is -2.62. The lowest BCUT2D eigenvalue weighted by atomic mass is 10.1. The summed E-state index contributed by atoms with van der Waals surface area (Å²) in [7, 11) is -2.09. The van der Waals surface area contributed by atoms with Crippen molar-refractivity contribution in [2.45, 2.75) is 91.0 Å². The zero-order valence-electron chi connectivity index (χ0n) is 21.8. The summed E-state index contributed by atoms with van der Waals surface area (Å²) >= 11 is 0. The van der Waals surface area contributed by atoms with Crippen LogP contribution in [0.1, 0.15) is 54.0 Å². The second-order valence-electron chi connectivity index (χ2n) is 11.3. The SMILES string of the molecule is C[C@H](O[Si](C)(C)C(C)(C)C)[C@H]1CN(C(=O)OCc2ccccc2)CCN1C(=O)OC(C)(C)C. The molecule has 2 amide bonds. The molecular formula is C25H42N2O5Si. The minimum atomic E-state index is -2.09. The third kappa shape index (κ3) is 7.74. The average Bonchev–Trinajstić information content (AvgIpc) is 2.70. The van der Waals surface area contributed by atoms with E-state index in [0.29, 0.717) is 19.6 Å². The zero-order chi connectivity index (χ0) is 25.0. The highest BCUT2D eigenvalue weighted by Gasteiger charge is 2.44. The van der Waals surface area contributed by atoms with Gasteiger partial charge in [0.05, 0.1) is 12.1 Å². The van der Waals surface area contributed by atoms with Crippen molar-refractivity contribution in [3.05, 3.63) is 35.9 Å². The van der Waals surface area contributed by atoms with Crippen molar-refractivity contribution in [3.8, 4) is 0 Å². The van der Waals surface area contributed by atoms with Crippen LogP contribution >= 0.6 is 0 Å². The van der Waals surface area contributed by atoms with E-state index in [1.54, 1.807) is 9.80 Å². The minimum absolute atomic E-state index is 0.0287. The van der Waals surface area contributed by atoms with Gasteiger partial charge in [0.25, 0.3) is 0 Å². The molecule has 1 aliphatic heterocycles. The van der Waals surface area contributed by atoms with Gasteiger partial charge in [-0.2, -0.15) is 0 Å². The topological polar surface area (TPSA) is 68.3 Å². The normalized spacial score (nSPS) is 18.6. The molecule has 1 heterocycles. The monoisotopic (exact) mass is 478 g/mol. The molecule has 0 N–H and O–H groups in total. The maximum absolute atomic E-state index is 13.0. The summed E-state index contributed by atoms with van der Waals surface area (Å²) in [5.41, 5.74) is 0.334. The summed E-state index contributed by atoms with van der Waals surface area (Å²) in [6.45, 7) is 19.8. The molecule has 0 bridgehead atoms. The highest BCUT2D eigenvalue weighted by atomic mass is 28.4. The molecule has 0 saturated carbocycles. The maximum Gasteiger partial charge on any atom is 0.410 e. The van der Waals surface area contributed by atoms with Crippen LogP contribution in [0, 0.1) is 0 Å². The van der Waals surface area contributed by atoms with E-state index in [1.165, 1.54) is 0 Å². The minimum Gasteiger partial charge on any atom is -0.445 e. The van der Waals surface area contributed by atoms with Crippen LogP contribution in [0.15, 0.2) is 30.3 Å². The second kappa shape index (κ2) is 10.5. The smallest absolute Gasteiger partial charge is 0.410 e. The van der Waals surface area contributed by atoms with Crippen molar-refractivity contribution in [2.24, 2.45) is 0 Å². The molecule has 2 rings (SSSR count). The number of benzene rings is 1. The van der Waals surface area contributed by atoms with E-state index >= 15 is 0 Å². The van der Waals surface area contributed by atoms with E-state index in [4.69, 9.17) is 13.9 Å². The summed E-state index contributed by atoms with van der Waals surface area (Å²) in [6, 6.07) is 9.27. The molecule has 8 heteroatoms. The number of piperazine rings is 1. The molecule has 186 valence electrons. The van der Waals surface area contributed by atoms with Gasteiger partial charge in [0.15, 0.2) is 8.32 Å². The molecule has 1 aromatic rings. The first kappa shape index (κ1) is 27.2. The fourth-order valence-corrected chi connectivity index (χ4v) is 4.90. The molecule has 7 nitrogen and oxygen atoms in total. The van der Waals surface area contributed by atoms with Gasteiger partial charge in [-0.3, -0.25) is 4.90 Å². The van der Waals surface area contributed by atoms with Crippen molar-refractivity contribution in [2.75, 3.05) is 19.6 Å². The first-order valence-corrected chi connectivity index (χ1v) is 14.6. The number of ether oxygens (including phenoxy) is 2. The van der Waals surface area contributed by atoms with Crippen LogP contribution < -0.4 is 0 Å². The largest absolute Gasteiger partial charge is 0.445 e. The lowest BCUT2D eigenvalue weighted by molar-refractivity contribution is -0.0257. The third-order valence-corrected chi connectivity index (χ3v) is 10.9. The number of nitrogens with zero attached hydrogens (tertiary/aromatic N) is 2. The highest BCUT2D eigenvalue weighted by molar-refractivity contribution is 6.74. The molecule has 2 atom stereocenters. The van der Waals surface area contributed by atoms with Crippen LogP contribution in [0.5, 0.6) is 0 Å². The fourth-order valence-electron chi connectivity index (χ4n) is 3.46. The summed E-state index contributed by atoms with van der Waals surface area (Å²) < 4.78 is 17.8. The molecule has 1 fully saturated rings. The van der Waals surface area contributed by atoms with E-state index < -0.39 is 13.9 Å². The Kier molecular flexibility index (Phi) is 8.62. The van der Waals surface area contributed by atoms with E-state index in [2.05, 4.69) is 33.9 Å². The van der Waals surface area contributed by atoms with Crippen LogP contribution in [0.25, 0.3) is 0 Å². The Bertz CT molecular complexity index is 801. The van der Waals surface area contributed by atoms with E-state index in [0.717, 1.165) is 5.56 Å². The Hall–Kier alpha value is -2.06. The van der Waals surface area contributed by atoms with Gasteiger partial charge in [-0.15, -0.1) is 0 Å². The molecule has 0 radical (unpaired) electrons. The van der Waals surface area contributed by atoms with Gasteiger partial charge in [-0.25, -0.2) is 9.59 Å². The van der Waals surface area contributed by atoms with Crippen molar-refractivity contribution in [1.82, 2.24) is 9.80 Å². The summed E-state index contributed by atoms with van der Waals surface area (Å²) in [5.74, 6) is 0. The van der Waals surface area contributed by atoms with Gasteiger partial charge in [-0.1, -0.05) is 51.1 Å². The van der Waals surface area contributed by atoms with Gasteiger partial charge in [0.1, 0.15) is 12.2 Å². The van der Waals surface area contributed by atoms with Gasteiger partial charge in [0.2, 0.25) is 0 Å². The Morgan fingerprint density at radius 3 is 2.18 bits per heavy atom. The average molecular weight is 479 g/mol. The predicted molar refractivity (Wildman–Crippen MR) is 133 cm³/mol. The molecule has 1 saturated heterocycles. The summed E-state index contributed by atoms with van der Waals surface area (Å²) in [4.78, 5) is 29.2. The molecule has 0 aromatic heterocycles. The van der Waals surface area contributed by atoms with Crippen LogP contribution in [-0.2, 0) is 20.5 Å². The quantitative estimate of drug-likeness (QED) is 0.511. The number of amides is 2. The summed E-state index contributed by atoms with van der Waals surface area (Å²) in [5, 5.41) is 0.0287. The highest BCUT2D eigenvalue weighted by Crippen LogP contribution is 2.38. The third-order valence-electron chi connectivity index (χ3n) is 6.34. The Morgan fingerprint density at radius 1 is 1.03 bits per heavy atom. The molecule has 0 aliphatic carbocycles. The van der Waals surface area contributed by atoms with Crippen LogP contribution in [0.3, 0.4) is 0 Å². The maximum atomic E-state index is 13.0. The summed E-state index contributed by atoms with van der Waals surface area (Å²) in [6.07, 6.45) is -1.02. The molecular weight excluding hydrogens is 436 g/mol. The second-order valence-corrected chi connectivity index (χ2v) is 16.1. The first-order valence-electron chi connectivity index (χ1n) is 11.7. The first-order chi connectivity index (χ1) is 15.1. The lowest BCUT2D eigenvalue weighted by Gasteiger charge is -2.46. The molecule has 1 aliphatic rings. The predicted octanol–water partition coefficient (Wildman–Crippen LogP) is 5.65. The zero-order valence-corrected chi connectivity index (χ0v) is 22.8. The van der Waals surface area contributed by atoms with Gasteiger partial charge >= 0.3 is 12.2 Å². The molecule has 0 spiro atoms.